The Kier molecular flexibility index (Phi) is 7.99. The van der Waals surface area contributed by atoms with Crippen LogP contribution in [0.3, 0.4) is 0 Å². The van der Waals surface area contributed by atoms with Gasteiger partial charge in [0.05, 0.1) is 5.69 Å². The maximum Gasteiger partial charge on any atom is 0.216 e. The van der Waals surface area contributed by atoms with E-state index in [-0.39, 0.29) is 0 Å². The van der Waals surface area contributed by atoms with Crippen molar-refractivity contribution < 1.29 is 4.42 Å². The first kappa shape index (κ1) is 18.5. The van der Waals surface area contributed by atoms with Crippen molar-refractivity contribution in [2.45, 2.75) is 73.4 Å². The second kappa shape index (κ2) is 9.49. The first-order chi connectivity index (χ1) is 10.4. The van der Waals surface area contributed by atoms with E-state index < -0.39 is 0 Å². The van der Waals surface area contributed by atoms with Gasteiger partial charge in [0.15, 0.2) is 5.96 Å². The standard InChI is InChI=1S/C17H32N4O/c1-7-18-17(20-13(4)10-8-9-12(2)3)19-11-16-21-14(5)15(6)22-16/h12-13H,7-11H2,1-6H3,(H2,18,19,20). The van der Waals surface area contributed by atoms with Crippen LogP contribution < -0.4 is 10.6 Å². The summed E-state index contributed by atoms with van der Waals surface area (Å²) in [6.45, 7) is 14.0. The first-order valence-electron chi connectivity index (χ1n) is 8.40. The van der Waals surface area contributed by atoms with Crippen LogP contribution in [0.5, 0.6) is 0 Å². The maximum absolute atomic E-state index is 5.57. The molecule has 2 N–H and O–H groups in total. The highest BCUT2D eigenvalue weighted by Gasteiger charge is 2.08. The summed E-state index contributed by atoms with van der Waals surface area (Å²) in [5.74, 6) is 3.13. The van der Waals surface area contributed by atoms with Crippen LogP contribution in [-0.2, 0) is 6.54 Å². The van der Waals surface area contributed by atoms with Gasteiger partial charge in [-0.2, -0.15) is 0 Å². The molecular formula is C17H32N4O. The lowest BCUT2D eigenvalue weighted by Crippen LogP contribution is -2.42. The highest BCUT2D eigenvalue weighted by atomic mass is 16.4. The van der Waals surface area contributed by atoms with Crippen LogP contribution in [0.4, 0.5) is 0 Å². The van der Waals surface area contributed by atoms with Crippen LogP contribution in [0.1, 0.15) is 64.3 Å². The molecule has 0 saturated heterocycles. The van der Waals surface area contributed by atoms with E-state index in [1.165, 1.54) is 12.8 Å². The molecule has 1 aromatic rings. The van der Waals surface area contributed by atoms with E-state index >= 15 is 0 Å². The van der Waals surface area contributed by atoms with Crippen LogP contribution in [0.25, 0.3) is 0 Å². The quantitative estimate of drug-likeness (QED) is 0.569. The number of oxazole rings is 1. The average molecular weight is 308 g/mol. The fraction of sp³-hybridized carbons (Fsp3) is 0.765. The number of nitrogens with one attached hydrogen (secondary N) is 2. The largest absolute Gasteiger partial charge is 0.444 e. The van der Waals surface area contributed by atoms with E-state index in [1.54, 1.807) is 0 Å². The molecule has 1 unspecified atom stereocenters. The zero-order valence-corrected chi connectivity index (χ0v) is 15.0. The van der Waals surface area contributed by atoms with Crippen LogP contribution in [0.2, 0.25) is 0 Å². The van der Waals surface area contributed by atoms with Gasteiger partial charge in [-0.25, -0.2) is 9.98 Å². The van der Waals surface area contributed by atoms with Crippen molar-refractivity contribution in [1.29, 1.82) is 0 Å². The summed E-state index contributed by atoms with van der Waals surface area (Å²) in [6.07, 6.45) is 3.66. The third-order valence-corrected chi connectivity index (χ3v) is 3.59. The summed E-state index contributed by atoms with van der Waals surface area (Å²) in [5, 5.41) is 6.73. The number of aromatic nitrogens is 1. The monoisotopic (exact) mass is 308 g/mol. The summed E-state index contributed by atoms with van der Waals surface area (Å²) in [5.41, 5.74) is 0.935. The van der Waals surface area contributed by atoms with Crippen molar-refractivity contribution in [3.63, 3.8) is 0 Å². The molecule has 0 aliphatic carbocycles. The summed E-state index contributed by atoms with van der Waals surface area (Å²) in [4.78, 5) is 8.92. The Morgan fingerprint density at radius 3 is 2.50 bits per heavy atom. The molecule has 0 amide bonds. The second-order valence-corrected chi connectivity index (χ2v) is 6.31. The van der Waals surface area contributed by atoms with Gasteiger partial charge >= 0.3 is 0 Å². The van der Waals surface area contributed by atoms with Crippen molar-refractivity contribution in [2.75, 3.05) is 6.54 Å². The van der Waals surface area contributed by atoms with Gasteiger partial charge in [-0.05, 0) is 40.0 Å². The Hall–Kier alpha value is -1.52. The number of hydrogen-bond acceptors (Lipinski definition) is 3. The van der Waals surface area contributed by atoms with Gasteiger partial charge in [0.25, 0.3) is 0 Å². The predicted octanol–water partition coefficient (Wildman–Crippen LogP) is 3.56. The van der Waals surface area contributed by atoms with Gasteiger partial charge < -0.3 is 15.1 Å². The number of aliphatic imine (C=N–C) groups is 1. The zero-order valence-electron chi connectivity index (χ0n) is 15.0. The molecule has 0 spiro atoms. The lowest BCUT2D eigenvalue weighted by molar-refractivity contribution is 0.470. The van der Waals surface area contributed by atoms with Gasteiger partial charge in [-0.3, -0.25) is 0 Å². The Morgan fingerprint density at radius 2 is 1.95 bits per heavy atom. The molecule has 1 aromatic heterocycles. The number of guanidine groups is 1. The van der Waals surface area contributed by atoms with Crippen LogP contribution in [-0.4, -0.2) is 23.5 Å². The van der Waals surface area contributed by atoms with Gasteiger partial charge in [0.1, 0.15) is 12.3 Å². The molecule has 0 radical (unpaired) electrons. The van der Waals surface area contributed by atoms with Gasteiger partial charge in [-0.1, -0.05) is 26.7 Å². The lowest BCUT2D eigenvalue weighted by Gasteiger charge is -2.18. The normalized spacial score (nSPS) is 13.5. The minimum Gasteiger partial charge on any atom is -0.444 e. The molecule has 1 atom stereocenters. The first-order valence-corrected chi connectivity index (χ1v) is 8.40. The van der Waals surface area contributed by atoms with Crippen LogP contribution >= 0.6 is 0 Å². The number of aryl methyl sites for hydroxylation is 2. The average Bonchev–Trinajstić information content (AvgIpc) is 2.75. The van der Waals surface area contributed by atoms with E-state index in [9.17, 15) is 0 Å². The van der Waals surface area contributed by atoms with Crippen molar-refractivity contribution >= 4 is 5.96 Å². The SMILES string of the molecule is CCNC(=NCc1nc(C)c(C)o1)NC(C)CCCC(C)C. The van der Waals surface area contributed by atoms with Gasteiger partial charge in [0.2, 0.25) is 5.89 Å². The topological polar surface area (TPSA) is 62.5 Å². The van der Waals surface area contributed by atoms with Gasteiger partial charge in [-0.15, -0.1) is 0 Å². The fourth-order valence-electron chi connectivity index (χ4n) is 2.21. The van der Waals surface area contributed by atoms with Crippen molar-refractivity contribution in [3.8, 4) is 0 Å². The molecule has 0 saturated carbocycles. The number of rotatable bonds is 8. The molecule has 126 valence electrons. The van der Waals surface area contributed by atoms with Crippen LogP contribution in [0.15, 0.2) is 9.41 Å². The Labute approximate surface area is 135 Å². The minimum absolute atomic E-state index is 0.407. The van der Waals surface area contributed by atoms with Crippen molar-refractivity contribution in [1.82, 2.24) is 15.6 Å². The lowest BCUT2D eigenvalue weighted by atomic mass is 10.0. The maximum atomic E-state index is 5.57. The van der Waals surface area contributed by atoms with E-state index in [0.717, 1.165) is 36.3 Å². The van der Waals surface area contributed by atoms with E-state index in [2.05, 4.69) is 48.3 Å². The van der Waals surface area contributed by atoms with E-state index in [1.807, 2.05) is 13.8 Å². The zero-order chi connectivity index (χ0) is 16.5. The number of hydrogen-bond donors (Lipinski definition) is 2. The van der Waals surface area contributed by atoms with Crippen molar-refractivity contribution in [3.05, 3.63) is 17.3 Å². The van der Waals surface area contributed by atoms with E-state index in [0.29, 0.717) is 18.5 Å². The molecule has 1 rings (SSSR count). The Bertz CT molecular complexity index is 446. The molecule has 0 aromatic carbocycles. The fourth-order valence-corrected chi connectivity index (χ4v) is 2.21. The molecule has 0 aliphatic rings. The van der Waals surface area contributed by atoms with E-state index in [4.69, 9.17) is 4.42 Å². The molecule has 22 heavy (non-hydrogen) atoms. The van der Waals surface area contributed by atoms with Gasteiger partial charge in [0, 0.05) is 12.6 Å². The highest BCUT2D eigenvalue weighted by Crippen LogP contribution is 2.10. The smallest absolute Gasteiger partial charge is 0.216 e. The summed E-state index contributed by atoms with van der Waals surface area (Å²) in [6, 6.07) is 0.407. The molecule has 0 fully saturated rings. The summed E-state index contributed by atoms with van der Waals surface area (Å²) in [7, 11) is 0. The highest BCUT2D eigenvalue weighted by molar-refractivity contribution is 5.79. The minimum atomic E-state index is 0.407. The van der Waals surface area contributed by atoms with Crippen molar-refractivity contribution in [2.24, 2.45) is 10.9 Å². The third kappa shape index (κ3) is 6.96. The number of nitrogens with zero attached hydrogens (tertiary/aromatic N) is 2. The van der Waals surface area contributed by atoms with Crippen LogP contribution in [0, 0.1) is 19.8 Å². The summed E-state index contributed by atoms with van der Waals surface area (Å²) < 4.78 is 5.57. The molecular weight excluding hydrogens is 276 g/mol. The molecule has 5 nitrogen and oxygen atoms in total. The Balaban J connectivity index is 2.50. The predicted molar refractivity (Wildman–Crippen MR) is 92.1 cm³/mol. The molecule has 5 heteroatoms. The summed E-state index contributed by atoms with van der Waals surface area (Å²) >= 11 is 0. The Morgan fingerprint density at radius 1 is 1.23 bits per heavy atom. The molecule has 1 heterocycles. The second-order valence-electron chi connectivity index (χ2n) is 6.31. The third-order valence-electron chi connectivity index (χ3n) is 3.59. The molecule has 0 aliphatic heterocycles. The molecule has 0 bridgehead atoms.